The van der Waals surface area contributed by atoms with Crippen molar-refractivity contribution in [3.05, 3.63) is 20.2 Å². The molecule has 0 aromatic carbocycles. The Morgan fingerprint density at radius 2 is 0.830 bits per heavy atom. The Bertz CT molecular complexity index is 914. The molecule has 0 amide bonds. The molecule has 53 heavy (non-hydrogen) atoms. The van der Waals surface area contributed by atoms with Crippen molar-refractivity contribution in [1.82, 2.24) is 0 Å². The van der Waals surface area contributed by atoms with E-state index < -0.39 is 27.5 Å². The number of hydrogen-bond acceptors (Lipinski definition) is 7. The lowest BCUT2D eigenvalue weighted by Gasteiger charge is -2.44. The van der Waals surface area contributed by atoms with Gasteiger partial charge in [-0.25, -0.2) is 0 Å². The second-order valence-electron chi connectivity index (χ2n) is 17.0. The zero-order chi connectivity index (χ0) is 40.1. The number of rotatable bonds is 38. The summed E-state index contributed by atoms with van der Waals surface area (Å²) >= 11 is 1.77. The van der Waals surface area contributed by atoms with E-state index in [-0.39, 0.29) is 33.9 Å². The fourth-order valence-electron chi connectivity index (χ4n) is 8.45. The molecule has 4 atom stereocenters. The van der Waals surface area contributed by atoms with Gasteiger partial charge in [-0.2, -0.15) is 0 Å². The lowest BCUT2D eigenvalue weighted by molar-refractivity contribution is -0.535. The van der Waals surface area contributed by atoms with E-state index in [0.717, 1.165) is 109 Å². The van der Waals surface area contributed by atoms with Crippen molar-refractivity contribution in [2.45, 2.75) is 250 Å². The minimum atomic E-state index is -0.783. The van der Waals surface area contributed by atoms with Gasteiger partial charge in [0.1, 0.15) is 5.78 Å². The van der Waals surface area contributed by atoms with E-state index in [4.69, 9.17) is 5.11 Å². The molecule has 0 spiro atoms. The zero-order valence-corrected chi connectivity index (χ0v) is 36.1. The highest BCUT2D eigenvalue weighted by Crippen LogP contribution is 2.50. The van der Waals surface area contributed by atoms with E-state index >= 15 is 0 Å². The molecule has 0 saturated heterocycles. The van der Waals surface area contributed by atoms with Gasteiger partial charge in [-0.1, -0.05) is 157 Å². The van der Waals surface area contributed by atoms with E-state index in [9.17, 15) is 29.8 Å². The van der Waals surface area contributed by atoms with Gasteiger partial charge in [0.2, 0.25) is 12.1 Å². The quantitative estimate of drug-likeness (QED) is 0.0371. The summed E-state index contributed by atoms with van der Waals surface area (Å²) in [4.78, 5) is 47.8. The number of Topliss-reactive ketones (excluding diaryl/α,β-unsaturated/α-hetero) is 1. The fraction of sp³-hybridized carbons (Fsp3) is 0.953. The zero-order valence-electron chi connectivity index (χ0n) is 35.3. The highest BCUT2D eigenvalue weighted by Gasteiger charge is 2.49. The largest absolute Gasteiger partial charge is 0.481 e. The van der Waals surface area contributed by atoms with Crippen molar-refractivity contribution in [2.24, 2.45) is 11.8 Å². The van der Waals surface area contributed by atoms with Crippen molar-refractivity contribution in [3.63, 3.8) is 0 Å². The number of aliphatic carboxylic acids is 1. The molecule has 0 aromatic heterocycles. The van der Waals surface area contributed by atoms with Crippen LogP contribution in [0.1, 0.15) is 228 Å². The molecule has 0 bridgehead atoms. The molecule has 0 saturated carbocycles. The van der Waals surface area contributed by atoms with Gasteiger partial charge in [0.25, 0.3) is 0 Å². The second-order valence-corrected chi connectivity index (χ2v) is 19.4. The van der Waals surface area contributed by atoms with Gasteiger partial charge >= 0.3 is 5.97 Å². The first-order valence-corrected chi connectivity index (χ1v) is 22.6. The molecule has 1 N–H and O–H groups in total. The standard InChI is InChI=1S/C43H82N2O7S/c1-8-10-12-14-19-25-31-37(39(44(49)50)33-27-21-16-18-24-30-36(3)46)42(4,5)53-43(6,7)38(32-26-20-15-13-11-9-2)40(45(51)52)34-28-22-17-23-29-35-41(47)48/h37-40H,8-35H2,1-7H3,(H,47,48). The van der Waals surface area contributed by atoms with Crippen LogP contribution in [0.25, 0.3) is 0 Å². The van der Waals surface area contributed by atoms with Gasteiger partial charge in [0, 0.05) is 56.9 Å². The van der Waals surface area contributed by atoms with Gasteiger partial charge < -0.3 is 9.90 Å². The smallest absolute Gasteiger partial charge is 0.303 e. The maximum absolute atomic E-state index is 12.8. The third-order valence-corrected chi connectivity index (χ3v) is 13.1. The Hall–Kier alpha value is -1.71. The Kier molecular flexibility index (Phi) is 29.5. The molecule has 9 nitrogen and oxygen atoms in total. The van der Waals surface area contributed by atoms with Crippen molar-refractivity contribution in [2.75, 3.05) is 0 Å². The van der Waals surface area contributed by atoms with Crippen LogP contribution in [0.5, 0.6) is 0 Å². The SMILES string of the molecule is CCCCCCCCC(C(CCCCCCCC(C)=O)[N+](=O)[O-])C(C)(C)SC(C)(C)C(CCCCCCCC)C(CCCCCCCC(=O)O)[N+](=O)[O-]. The van der Waals surface area contributed by atoms with Crippen LogP contribution < -0.4 is 0 Å². The first kappa shape index (κ1) is 51.3. The molecule has 0 aliphatic carbocycles. The number of carbonyl (C=O) groups is 2. The summed E-state index contributed by atoms with van der Waals surface area (Å²) in [6.45, 7) is 14.7. The van der Waals surface area contributed by atoms with E-state index in [2.05, 4.69) is 41.5 Å². The van der Waals surface area contributed by atoms with Crippen LogP contribution >= 0.6 is 11.8 Å². The number of carboxylic acid groups (broad SMARTS) is 1. The minimum absolute atomic E-state index is 0.0309. The van der Waals surface area contributed by atoms with Gasteiger partial charge in [0.15, 0.2) is 0 Å². The predicted octanol–water partition coefficient (Wildman–Crippen LogP) is 13.4. The predicted molar refractivity (Wildman–Crippen MR) is 223 cm³/mol. The summed E-state index contributed by atoms with van der Waals surface area (Å²) in [6.07, 6.45) is 25.3. The summed E-state index contributed by atoms with van der Waals surface area (Å²) in [5.74, 6) is -0.893. The van der Waals surface area contributed by atoms with Gasteiger partial charge in [-0.15, -0.1) is 11.8 Å². The van der Waals surface area contributed by atoms with Gasteiger partial charge in [-0.05, 0) is 45.4 Å². The van der Waals surface area contributed by atoms with Gasteiger partial charge in [-0.3, -0.25) is 25.0 Å². The molecule has 0 fully saturated rings. The van der Waals surface area contributed by atoms with Crippen LogP contribution in [-0.2, 0) is 9.59 Å². The van der Waals surface area contributed by atoms with Gasteiger partial charge in [0.05, 0.1) is 0 Å². The van der Waals surface area contributed by atoms with Crippen molar-refractivity contribution >= 4 is 23.5 Å². The molecular formula is C43H82N2O7S. The highest BCUT2D eigenvalue weighted by atomic mass is 32.2. The van der Waals surface area contributed by atoms with Crippen LogP contribution in [0.4, 0.5) is 0 Å². The lowest BCUT2D eigenvalue weighted by atomic mass is 9.80. The summed E-state index contributed by atoms with van der Waals surface area (Å²) in [5, 5.41) is 34.6. The first-order valence-electron chi connectivity index (χ1n) is 21.8. The molecule has 4 unspecified atom stereocenters. The Morgan fingerprint density at radius 1 is 0.528 bits per heavy atom. The molecular weight excluding hydrogens is 689 g/mol. The molecule has 0 aromatic rings. The van der Waals surface area contributed by atoms with Crippen LogP contribution in [0, 0.1) is 32.1 Å². The third-order valence-electron chi connectivity index (χ3n) is 11.4. The molecule has 0 radical (unpaired) electrons. The lowest BCUT2D eigenvalue weighted by Crippen LogP contribution is -2.48. The molecule has 0 heterocycles. The number of carbonyl (C=O) groups excluding carboxylic acids is 1. The summed E-state index contributed by atoms with van der Waals surface area (Å²) < 4.78 is -0.930. The minimum Gasteiger partial charge on any atom is -0.481 e. The third kappa shape index (κ3) is 25.1. The Balaban J connectivity index is 6.13. The van der Waals surface area contributed by atoms with E-state index in [0.29, 0.717) is 25.7 Å². The Labute approximate surface area is 329 Å². The molecule has 312 valence electrons. The topological polar surface area (TPSA) is 141 Å². The molecule has 0 aliphatic heterocycles. The highest BCUT2D eigenvalue weighted by molar-refractivity contribution is 8.01. The molecule has 10 heteroatoms. The first-order chi connectivity index (χ1) is 25.1. The van der Waals surface area contributed by atoms with E-state index in [1.54, 1.807) is 18.7 Å². The number of unbranched alkanes of at least 4 members (excludes halogenated alkanes) is 18. The number of hydrogen-bond donors (Lipinski definition) is 1. The van der Waals surface area contributed by atoms with Crippen LogP contribution in [0.15, 0.2) is 0 Å². The summed E-state index contributed by atoms with van der Waals surface area (Å²) in [6, 6.07) is -1.35. The average Bonchev–Trinajstić information content (AvgIpc) is 3.06. The van der Waals surface area contributed by atoms with Crippen molar-refractivity contribution in [1.29, 1.82) is 0 Å². The molecule has 0 aliphatic rings. The number of thioether (sulfide) groups is 1. The fourth-order valence-corrected chi connectivity index (χ4v) is 10.7. The normalized spacial score (nSPS) is 14.5. The number of nitro groups is 2. The average molecular weight is 771 g/mol. The maximum atomic E-state index is 12.8. The summed E-state index contributed by atoms with van der Waals surface area (Å²) in [7, 11) is 0. The van der Waals surface area contributed by atoms with Crippen molar-refractivity contribution < 1.29 is 24.5 Å². The number of carboxylic acids is 1. The second kappa shape index (κ2) is 30.5. The van der Waals surface area contributed by atoms with E-state index in [1.807, 2.05) is 0 Å². The monoisotopic (exact) mass is 771 g/mol. The van der Waals surface area contributed by atoms with Crippen molar-refractivity contribution in [3.8, 4) is 0 Å². The maximum Gasteiger partial charge on any atom is 0.303 e. The summed E-state index contributed by atoms with van der Waals surface area (Å²) in [5.41, 5.74) is 0. The van der Waals surface area contributed by atoms with Crippen LogP contribution in [0.3, 0.4) is 0 Å². The van der Waals surface area contributed by atoms with E-state index in [1.165, 1.54) is 38.5 Å². The Morgan fingerprint density at radius 3 is 1.15 bits per heavy atom. The number of nitrogens with zero attached hydrogens (tertiary/aromatic N) is 2. The van der Waals surface area contributed by atoms with Crippen LogP contribution in [0.2, 0.25) is 0 Å². The number of ketones is 1. The van der Waals surface area contributed by atoms with Crippen LogP contribution in [-0.4, -0.2) is 48.3 Å². The molecule has 0 rings (SSSR count).